The van der Waals surface area contributed by atoms with Gasteiger partial charge in [-0.25, -0.2) is 0 Å². The van der Waals surface area contributed by atoms with Gasteiger partial charge in [-0.2, -0.15) is 0 Å². The van der Waals surface area contributed by atoms with E-state index >= 15 is 0 Å². The molecular weight excluding hydrogens is 394 g/mol. The molecule has 0 unspecified atom stereocenters. The minimum atomic E-state index is -0.0758. The molecule has 0 aliphatic carbocycles. The number of rotatable bonds is 5. The number of benzene rings is 3. The first-order valence-corrected chi connectivity index (χ1v) is 10.3. The zero-order valence-electron chi connectivity index (χ0n) is 16.9. The lowest BCUT2D eigenvalue weighted by Gasteiger charge is -2.23. The van der Waals surface area contributed by atoms with Crippen LogP contribution in [0.4, 0.5) is 5.69 Å². The van der Waals surface area contributed by atoms with Gasteiger partial charge < -0.3 is 4.74 Å². The molecule has 1 aliphatic heterocycles. The van der Waals surface area contributed by atoms with Crippen LogP contribution in [0.3, 0.4) is 0 Å². The summed E-state index contributed by atoms with van der Waals surface area (Å²) in [5.41, 5.74) is 5.03. The Morgan fingerprint density at radius 1 is 0.967 bits per heavy atom. The van der Waals surface area contributed by atoms with Gasteiger partial charge in [-0.05, 0) is 67.0 Å². The lowest BCUT2D eigenvalue weighted by Crippen LogP contribution is -2.25. The number of amides is 1. The summed E-state index contributed by atoms with van der Waals surface area (Å²) in [5, 5.41) is 0.636. The first kappa shape index (κ1) is 20.0. The molecule has 0 saturated carbocycles. The second-order valence-corrected chi connectivity index (χ2v) is 7.43. The van der Waals surface area contributed by atoms with Crippen molar-refractivity contribution in [2.45, 2.75) is 13.8 Å². The minimum absolute atomic E-state index is 0.0758. The maximum atomic E-state index is 13.5. The lowest BCUT2D eigenvalue weighted by atomic mass is 10.1. The predicted octanol–water partition coefficient (Wildman–Crippen LogP) is 6.52. The molecule has 3 aromatic carbocycles. The highest BCUT2D eigenvalue weighted by atomic mass is 35.5. The Hall–Kier alpha value is -3.30. The zero-order valence-corrected chi connectivity index (χ0v) is 17.7. The Morgan fingerprint density at radius 2 is 1.70 bits per heavy atom. The maximum Gasteiger partial charge on any atom is 0.262 e. The largest absolute Gasteiger partial charge is 0.494 e. The fourth-order valence-electron chi connectivity index (χ4n) is 3.52. The fraction of sp³-hybridized carbons (Fsp3) is 0.115. The fourth-order valence-corrected chi connectivity index (χ4v) is 3.69. The Labute approximate surface area is 181 Å². The molecule has 0 aromatic heterocycles. The monoisotopic (exact) mass is 415 g/mol. The van der Waals surface area contributed by atoms with Gasteiger partial charge in [0.15, 0.2) is 0 Å². The van der Waals surface area contributed by atoms with Crippen LogP contribution >= 0.6 is 11.6 Å². The Bertz CT molecular complexity index is 1130. The number of anilines is 1. The number of nitrogens with zero attached hydrogens (tertiary/aromatic N) is 1. The minimum Gasteiger partial charge on any atom is -0.494 e. The van der Waals surface area contributed by atoms with E-state index in [9.17, 15) is 4.79 Å². The summed E-state index contributed by atoms with van der Waals surface area (Å²) >= 11 is 6.36. The molecule has 30 heavy (non-hydrogen) atoms. The number of carbonyl (C=O) groups excluding carboxylic acids is 1. The molecule has 150 valence electrons. The third-order valence-corrected chi connectivity index (χ3v) is 5.46. The average molecular weight is 416 g/mol. The smallest absolute Gasteiger partial charge is 0.262 e. The first-order chi connectivity index (χ1) is 14.6. The Balaban J connectivity index is 1.79. The van der Waals surface area contributed by atoms with Crippen LogP contribution in [0.15, 0.2) is 84.4 Å². The van der Waals surface area contributed by atoms with Gasteiger partial charge in [-0.3, -0.25) is 9.69 Å². The van der Waals surface area contributed by atoms with E-state index in [4.69, 9.17) is 16.3 Å². The molecule has 0 fully saturated rings. The Morgan fingerprint density at radius 3 is 2.40 bits per heavy atom. The summed E-state index contributed by atoms with van der Waals surface area (Å²) in [7, 11) is 0. The van der Waals surface area contributed by atoms with Gasteiger partial charge in [-0.1, -0.05) is 60.1 Å². The van der Waals surface area contributed by atoms with Crippen molar-refractivity contribution < 1.29 is 9.53 Å². The number of halogens is 1. The van der Waals surface area contributed by atoms with Crippen LogP contribution in [0.1, 0.15) is 23.6 Å². The number of ether oxygens (including phenoxy) is 1. The molecule has 3 aromatic rings. The molecule has 0 N–H and O–H groups in total. The highest BCUT2D eigenvalue weighted by Gasteiger charge is 2.31. The van der Waals surface area contributed by atoms with E-state index in [-0.39, 0.29) is 5.91 Å². The van der Waals surface area contributed by atoms with Crippen molar-refractivity contribution in [1.29, 1.82) is 0 Å². The van der Waals surface area contributed by atoms with Gasteiger partial charge in [-0.15, -0.1) is 0 Å². The molecule has 0 atom stereocenters. The molecule has 0 saturated heterocycles. The van der Waals surface area contributed by atoms with Crippen molar-refractivity contribution in [2.75, 3.05) is 11.5 Å². The molecule has 1 amide bonds. The average Bonchev–Trinajstić information content (AvgIpc) is 3.08. The summed E-state index contributed by atoms with van der Waals surface area (Å²) in [6.45, 7) is 4.51. The van der Waals surface area contributed by atoms with Crippen LogP contribution in [0.25, 0.3) is 11.8 Å². The molecular formula is C26H22ClNO2. The van der Waals surface area contributed by atoms with Crippen molar-refractivity contribution in [1.82, 2.24) is 0 Å². The molecule has 1 heterocycles. The van der Waals surface area contributed by atoms with Crippen LogP contribution in [0.5, 0.6) is 5.75 Å². The van der Waals surface area contributed by atoms with E-state index in [2.05, 4.69) is 0 Å². The van der Waals surface area contributed by atoms with Crippen LogP contribution < -0.4 is 9.64 Å². The van der Waals surface area contributed by atoms with E-state index in [1.54, 1.807) is 4.90 Å². The quantitative estimate of drug-likeness (QED) is 0.444. The van der Waals surface area contributed by atoms with E-state index in [1.165, 1.54) is 0 Å². The van der Waals surface area contributed by atoms with Gasteiger partial charge in [0.05, 0.1) is 18.0 Å². The topological polar surface area (TPSA) is 29.5 Å². The summed E-state index contributed by atoms with van der Waals surface area (Å²) < 4.78 is 5.51. The van der Waals surface area contributed by atoms with E-state index in [0.717, 1.165) is 33.8 Å². The number of carbonyl (C=O) groups is 1. The van der Waals surface area contributed by atoms with Crippen molar-refractivity contribution in [2.24, 2.45) is 0 Å². The highest BCUT2D eigenvalue weighted by Crippen LogP contribution is 2.38. The molecule has 4 rings (SSSR count). The lowest BCUT2D eigenvalue weighted by molar-refractivity contribution is -0.113. The SMILES string of the molecule is CCOc1ccc(/C=C2\C=C(c3ccccc3)N(c3cccc(Cl)c3C)C2=O)cc1. The standard InChI is InChI=1S/C26H22ClNO2/c1-3-30-22-14-12-19(13-15-22)16-21-17-25(20-8-5-4-6-9-20)28(26(21)29)24-11-7-10-23(27)18(24)2/h4-17H,3H2,1-2H3/b21-16+. The maximum absolute atomic E-state index is 13.5. The molecule has 0 radical (unpaired) electrons. The van der Waals surface area contributed by atoms with Gasteiger partial charge in [0.1, 0.15) is 5.75 Å². The summed E-state index contributed by atoms with van der Waals surface area (Å²) in [6, 6.07) is 23.3. The van der Waals surface area contributed by atoms with Crippen molar-refractivity contribution >= 4 is 35.0 Å². The third kappa shape index (κ3) is 3.89. The van der Waals surface area contributed by atoms with Gasteiger partial charge in [0.2, 0.25) is 0 Å². The van der Waals surface area contributed by atoms with Crippen molar-refractivity contribution in [3.63, 3.8) is 0 Å². The highest BCUT2D eigenvalue weighted by molar-refractivity contribution is 6.32. The summed E-state index contributed by atoms with van der Waals surface area (Å²) in [6.07, 6.45) is 3.84. The van der Waals surface area contributed by atoms with E-state index < -0.39 is 0 Å². The molecule has 0 bridgehead atoms. The summed E-state index contributed by atoms with van der Waals surface area (Å²) in [5.74, 6) is 0.738. The Kier molecular flexibility index (Phi) is 5.73. The second-order valence-electron chi connectivity index (χ2n) is 7.02. The first-order valence-electron chi connectivity index (χ1n) is 9.89. The van der Waals surface area contributed by atoms with Crippen LogP contribution in [0, 0.1) is 6.92 Å². The molecule has 0 spiro atoms. The summed E-state index contributed by atoms with van der Waals surface area (Å²) in [4.78, 5) is 15.2. The van der Waals surface area contributed by atoms with Gasteiger partial charge in [0, 0.05) is 10.6 Å². The second kappa shape index (κ2) is 8.60. The van der Waals surface area contributed by atoms with Crippen LogP contribution in [-0.4, -0.2) is 12.5 Å². The zero-order chi connectivity index (χ0) is 21.1. The van der Waals surface area contributed by atoms with E-state index in [1.807, 2.05) is 98.8 Å². The molecule has 3 nitrogen and oxygen atoms in total. The predicted molar refractivity (Wildman–Crippen MR) is 124 cm³/mol. The van der Waals surface area contributed by atoms with Crippen molar-refractivity contribution in [3.8, 4) is 5.75 Å². The molecule has 4 heteroatoms. The molecule has 1 aliphatic rings. The van der Waals surface area contributed by atoms with Crippen LogP contribution in [-0.2, 0) is 4.79 Å². The normalized spacial score (nSPS) is 14.9. The van der Waals surface area contributed by atoms with Crippen LogP contribution in [0.2, 0.25) is 5.02 Å². The van der Waals surface area contributed by atoms with Gasteiger partial charge >= 0.3 is 0 Å². The number of hydrogen-bond donors (Lipinski definition) is 0. The van der Waals surface area contributed by atoms with Gasteiger partial charge in [0.25, 0.3) is 5.91 Å². The number of hydrogen-bond acceptors (Lipinski definition) is 2. The third-order valence-electron chi connectivity index (χ3n) is 5.05. The van der Waals surface area contributed by atoms with E-state index in [0.29, 0.717) is 17.2 Å². The van der Waals surface area contributed by atoms with Crippen molar-refractivity contribution in [3.05, 3.63) is 106 Å².